The lowest BCUT2D eigenvalue weighted by Crippen LogP contribution is -2.51. The molecule has 1 spiro atoms. The predicted octanol–water partition coefficient (Wildman–Crippen LogP) is 2.62. The molecule has 0 N–H and O–H groups in total. The van der Waals surface area contributed by atoms with Gasteiger partial charge in [0.05, 0.1) is 13.2 Å². The monoisotopic (exact) mass is 359 g/mol. The Labute approximate surface area is 154 Å². The number of benzene rings is 1. The molecule has 3 aliphatic rings. The number of nitrogens with zero attached hydrogens (tertiary/aromatic N) is 3. The van der Waals surface area contributed by atoms with Crippen LogP contribution in [0.5, 0.6) is 0 Å². The Bertz CT molecular complexity index is 694. The molecular weight excluding hydrogens is 333 g/mol. The van der Waals surface area contributed by atoms with Crippen molar-refractivity contribution in [1.29, 1.82) is 0 Å². The molecule has 5 nitrogen and oxygen atoms in total. The molecule has 0 aromatic heterocycles. The number of fused-ring (bicyclic) bond motifs is 2. The second kappa shape index (κ2) is 7.00. The van der Waals surface area contributed by atoms with Crippen molar-refractivity contribution in [1.82, 2.24) is 9.80 Å². The predicted molar refractivity (Wildman–Crippen MR) is 99.1 cm³/mol. The average Bonchev–Trinajstić information content (AvgIpc) is 2.98. The van der Waals surface area contributed by atoms with Crippen LogP contribution in [0.1, 0.15) is 18.4 Å². The SMILES string of the molecule is C=CCN1CCC2(CC1)CN(C(=O)N1CCOCC1)c1ccc(F)cc12. The number of amides is 2. The van der Waals surface area contributed by atoms with Crippen LogP contribution in [0.25, 0.3) is 0 Å². The van der Waals surface area contributed by atoms with Gasteiger partial charge in [0.2, 0.25) is 0 Å². The second-order valence-electron chi connectivity index (χ2n) is 7.50. The van der Waals surface area contributed by atoms with Crippen LogP contribution >= 0.6 is 0 Å². The Morgan fingerprint density at radius 3 is 2.65 bits per heavy atom. The molecule has 0 radical (unpaired) electrons. The number of hydrogen-bond acceptors (Lipinski definition) is 3. The summed E-state index contributed by atoms with van der Waals surface area (Å²) in [4.78, 5) is 19.2. The number of urea groups is 1. The van der Waals surface area contributed by atoms with Gasteiger partial charge in [-0.1, -0.05) is 6.08 Å². The summed E-state index contributed by atoms with van der Waals surface area (Å²) in [6.07, 6.45) is 3.79. The first-order valence-corrected chi connectivity index (χ1v) is 9.40. The van der Waals surface area contributed by atoms with Crippen molar-refractivity contribution in [2.75, 3.05) is 57.4 Å². The van der Waals surface area contributed by atoms with Crippen molar-refractivity contribution in [3.63, 3.8) is 0 Å². The van der Waals surface area contributed by atoms with Crippen LogP contribution in [0.3, 0.4) is 0 Å². The van der Waals surface area contributed by atoms with Crippen LogP contribution in [0, 0.1) is 5.82 Å². The van der Waals surface area contributed by atoms with E-state index in [1.807, 2.05) is 15.9 Å². The summed E-state index contributed by atoms with van der Waals surface area (Å²) < 4.78 is 19.4. The molecule has 0 unspecified atom stereocenters. The fourth-order valence-electron chi connectivity index (χ4n) is 4.51. The lowest BCUT2D eigenvalue weighted by Gasteiger charge is -2.40. The van der Waals surface area contributed by atoms with Gasteiger partial charge in [-0.25, -0.2) is 9.18 Å². The third-order valence-corrected chi connectivity index (χ3v) is 5.99. The van der Waals surface area contributed by atoms with Crippen LogP contribution in [0.15, 0.2) is 30.9 Å². The van der Waals surface area contributed by atoms with Crippen molar-refractivity contribution >= 4 is 11.7 Å². The van der Waals surface area contributed by atoms with Gasteiger partial charge in [0.25, 0.3) is 0 Å². The van der Waals surface area contributed by atoms with Crippen molar-refractivity contribution < 1.29 is 13.9 Å². The maximum atomic E-state index is 14.0. The highest BCUT2D eigenvalue weighted by Crippen LogP contribution is 2.47. The molecule has 2 amide bonds. The van der Waals surface area contributed by atoms with Gasteiger partial charge in [-0.05, 0) is 49.7 Å². The fraction of sp³-hybridized carbons (Fsp3) is 0.550. The molecule has 0 saturated carbocycles. The number of halogens is 1. The van der Waals surface area contributed by atoms with Crippen molar-refractivity contribution in [3.8, 4) is 0 Å². The lowest BCUT2D eigenvalue weighted by atomic mass is 9.74. The molecule has 0 atom stereocenters. The zero-order valence-corrected chi connectivity index (χ0v) is 15.1. The topological polar surface area (TPSA) is 36.0 Å². The molecule has 3 aliphatic heterocycles. The highest BCUT2D eigenvalue weighted by molar-refractivity contribution is 5.95. The van der Waals surface area contributed by atoms with E-state index in [1.165, 1.54) is 6.07 Å². The molecule has 1 aromatic rings. The number of carbonyl (C=O) groups is 1. The largest absolute Gasteiger partial charge is 0.378 e. The zero-order valence-electron chi connectivity index (χ0n) is 15.1. The minimum atomic E-state index is -0.225. The number of likely N-dealkylation sites (tertiary alicyclic amines) is 1. The first-order chi connectivity index (χ1) is 12.6. The summed E-state index contributed by atoms with van der Waals surface area (Å²) >= 11 is 0. The first kappa shape index (κ1) is 17.5. The average molecular weight is 359 g/mol. The van der Waals surface area contributed by atoms with Gasteiger partial charge in [-0.3, -0.25) is 9.80 Å². The van der Waals surface area contributed by atoms with E-state index in [4.69, 9.17) is 4.74 Å². The molecule has 140 valence electrons. The van der Waals surface area contributed by atoms with Crippen molar-refractivity contribution in [2.45, 2.75) is 18.3 Å². The highest BCUT2D eigenvalue weighted by atomic mass is 19.1. The van der Waals surface area contributed by atoms with E-state index in [9.17, 15) is 9.18 Å². The Morgan fingerprint density at radius 2 is 1.96 bits per heavy atom. The number of rotatable bonds is 2. The summed E-state index contributed by atoms with van der Waals surface area (Å²) in [5.74, 6) is -0.225. The normalized spacial score (nSPS) is 22.5. The molecule has 2 fully saturated rings. The van der Waals surface area contributed by atoms with Gasteiger partial charge < -0.3 is 9.64 Å². The molecule has 26 heavy (non-hydrogen) atoms. The molecule has 6 heteroatoms. The van der Waals surface area contributed by atoms with E-state index >= 15 is 0 Å². The standard InChI is InChI=1S/C20H26FN3O2/c1-2-7-22-8-5-20(6-9-22)15-24(18-4-3-16(21)14-17(18)20)19(25)23-10-12-26-13-11-23/h2-4,14H,1,5-13,15H2. The highest BCUT2D eigenvalue weighted by Gasteiger charge is 2.47. The molecule has 4 rings (SSSR count). The number of ether oxygens (including phenoxy) is 1. The van der Waals surface area contributed by atoms with Gasteiger partial charge >= 0.3 is 6.03 Å². The van der Waals surface area contributed by atoms with Crippen LogP contribution in [0.2, 0.25) is 0 Å². The van der Waals surface area contributed by atoms with E-state index in [0.717, 1.165) is 43.7 Å². The number of morpholine rings is 1. The minimum Gasteiger partial charge on any atom is -0.378 e. The Kier molecular flexibility index (Phi) is 4.71. The van der Waals surface area contributed by atoms with E-state index in [1.54, 1.807) is 12.1 Å². The van der Waals surface area contributed by atoms with E-state index in [-0.39, 0.29) is 17.3 Å². The summed E-state index contributed by atoms with van der Waals surface area (Å²) in [6.45, 7) is 9.63. The van der Waals surface area contributed by atoms with Crippen molar-refractivity contribution in [3.05, 3.63) is 42.2 Å². The van der Waals surface area contributed by atoms with E-state index in [0.29, 0.717) is 32.8 Å². The number of anilines is 1. The summed E-state index contributed by atoms with van der Waals surface area (Å²) in [6, 6.07) is 4.90. The van der Waals surface area contributed by atoms with Crippen LogP contribution in [-0.2, 0) is 10.2 Å². The van der Waals surface area contributed by atoms with Gasteiger partial charge in [-0.2, -0.15) is 0 Å². The maximum Gasteiger partial charge on any atom is 0.324 e. The van der Waals surface area contributed by atoms with E-state index < -0.39 is 0 Å². The van der Waals surface area contributed by atoms with Crippen molar-refractivity contribution in [2.24, 2.45) is 0 Å². The molecule has 3 heterocycles. The third-order valence-electron chi connectivity index (χ3n) is 5.99. The number of carbonyl (C=O) groups excluding carboxylic acids is 1. The Balaban J connectivity index is 1.61. The molecular formula is C20H26FN3O2. The maximum absolute atomic E-state index is 14.0. The quantitative estimate of drug-likeness (QED) is 0.762. The first-order valence-electron chi connectivity index (χ1n) is 9.40. The molecule has 1 aromatic carbocycles. The third kappa shape index (κ3) is 3.01. The summed E-state index contributed by atoms with van der Waals surface area (Å²) in [7, 11) is 0. The van der Waals surface area contributed by atoms with Crippen LogP contribution in [-0.4, -0.2) is 68.3 Å². The smallest absolute Gasteiger partial charge is 0.324 e. The minimum absolute atomic E-state index is 0.0200. The summed E-state index contributed by atoms with van der Waals surface area (Å²) in [5.41, 5.74) is 1.73. The zero-order chi connectivity index (χ0) is 18.1. The van der Waals surface area contributed by atoms with Gasteiger partial charge in [0, 0.05) is 37.3 Å². The number of piperidine rings is 1. The van der Waals surface area contributed by atoms with E-state index in [2.05, 4.69) is 11.5 Å². The second-order valence-corrected chi connectivity index (χ2v) is 7.50. The van der Waals surface area contributed by atoms with Gasteiger partial charge in [-0.15, -0.1) is 6.58 Å². The molecule has 0 bridgehead atoms. The number of hydrogen-bond donors (Lipinski definition) is 0. The van der Waals surface area contributed by atoms with Gasteiger partial charge in [0.15, 0.2) is 0 Å². The van der Waals surface area contributed by atoms with Crippen LogP contribution < -0.4 is 4.90 Å². The lowest BCUT2D eigenvalue weighted by molar-refractivity contribution is 0.0546. The Morgan fingerprint density at radius 1 is 1.23 bits per heavy atom. The summed E-state index contributed by atoms with van der Waals surface area (Å²) in [5, 5.41) is 0. The van der Waals surface area contributed by atoms with Crippen LogP contribution in [0.4, 0.5) is 14.9 Å². The van der Waals surface area contributed by atoms with Gasteiger partial charge in [0.1, 0.15) is 5.82 Å². The fourth-order valence-corrected chi connectivity index (χ4v) is 4.51. The molecule has 2 saturated heterocycles. The Hall–Kier alpha value is -1.92. The molecule has 0 aliphatic carbocycles.